The quantitative estimate of drug-likeness (QED) is 0.158. The van der Waals surface area contributed by atoms with E-state index < -0.39 is 0 Å². The first-order chi connectivity index (χ1) is 29.7. The van der Waals surface area contributed by atoms with Crippen molar-refractivity contribution < 1.29 is 21.8 Å². The van der Waals surface area contributed by atoms with E-state index in [0.717, 1.165) is 90.1 Å². The first kappa shape index (κ1) is 46.6. The Morgan fingerprint density at radius 1 is 0.339 bits per heavy atom. The molecule has 0 heterocycles. The van der Waals surface area contributed by atoms with Crippen LogP contribution in [0.15, 0.2) is 117 Å². The van der Waals surface area contributed by atoms with Crippen molar-refractivity contribution in [2.45, 2.75) is 69.2 Å². The summed E-state index contributed by atoms with van der Waals surface area (Å²) in [6, 6.07) is 34.9. The van der Waals surface area contributed by atoms with Gasteiger partial charge in [-0.25, -0.2) is 20.0 Å². The zero-order chi connectivity index (χ0) is 44.6. The average molecular weight is 1160 g/mol. The molecule has 322 valence electrons. The molecule has 0 bridgehead atoms. The molecule has 0 spiro atoms. The number of rotatable bonds is 4. The van der Waals surface area contributed by atoms with Crippen LogP contribution in [-0.4, -0.2) is 22.8 Å². The summed E-state index contributed by atoms with van der Waals surface area (Å²) in [5.74, 6) is 0. The van der Waals surface area contributed by atoms with Gasteiger partial charge in [0, 0.05) is 33.0 Å². The Bertz CT molecular complexity index is 2780. The number of halogens is 4. The molecule has 7 aromatic rings. The number of benzene rings is 7. The predicted molar refractivity (Wildman–Crippen MR) is 275 cm³/mol. The molecule has 0 amide bonds. The van der Waals surface area contributed by atoms with E-state index in [1.54, 1.807) is 0 Å². The summed E-state index contributed by atoms with van der Waals surface area (Å²) in [7, 11) is 2.50. The molecule has 0 saturated heterocycles. The SMILES string of the molecule is Cc1cc(C)c(N=C2C(=Nc3c(C)c(C)c(N=C4C(=Nc5c(C)cc(C)cc5C)c5cccc6cccc4c56)c(C)c3C)c3cccc4cccc2c34)c(C)c1.[Br][Ni][Br].[Br][Ni][Br]. The molecule has 7 aromatic carbocycles. The average Bonchev–Trinajstić information content (AvgIpc) is 3.70. The van der Waals surface area contributed by atoms with E-state index in [1.165, 1.54) is 76.7 Å². The normalized spacial score (nSPS) is 15.3. The van der Waals surface area contributed by atoms with Gasteiger partial charge in [0.1, 0.15) is 0 Å². The van der Waals surface area contributed by atoms with Crippen molar-refractivity contribution in [1.82, 2.24) is 0 Å². The minimum atomic E-state index is 0.913. The van der Waals surface area contributed by atoms with Crippen LogP contribution in [-0.2, 0) is 21.8 Å². The van der Waals surface area contributed by atoms with Gasteiger partial charge in [-0.1, -0.05) is 108 Å². The van der Waals surface area contributed by atoms with E-state index in [2.05, 4.69) is 223 Å². The van der Waals surface area contributed by atoms with Gasteiger partial charge >= 0.3 is 78.7 Å². The summed E-state index contributed by atoms with van der Waals surface area (Å²) < 4.78 is 0. The van der Waals surface area contributed by atoms with Crippen LogP contribution in [0.1, 0.15) is 77.9 Å². The topological polar surface area (TPSA) is 49.4 Å². The zero-order valence-electron chi connectivity index (χ0n) is 36.2. The van der Waals surface area contributed by atoms with Crippen molar-refractivity contribution in [3.05, 3.63) is 175 Å². The third kappa shape index (κ3) is 8.87. The van der Waals surface area contributed by atoms with Crippen LogP contribution in [0, 0.1) is 69.2 Å². The molecular formula is C52H46Br4N4Ni2. The molecule has 10 heteroatoms. The van der Waals surface area contributed by atoms with Gasteiger partial charge in [0.15, 0.2) is 0 Å². The van der Waals surface area contributed by atoms with Crippen molar-refractivity contribution in [3.63, 3.8) is 0 Å². The third-order valence-corrected chi connectivity index (χ3v) is 12.0. The molecule has 2 aliphatic rings. The fraction of sp³-hybridized carbons (Fsp3) is 0.192. The molecule has 0 N–H and O–H groups in total. The predicted octanol–water partition coefficient (Wildman–Crippen LogP) is 17.0. The van der Waals surface area contributed by atoms with Gasteiger partial charge in [0.05, 0.1) is 45.6 Å². The van der Waals surface area contributed by atoms with E-state index in [-0.39, 0.29) is 0 Å². The maximum atomic E-state index is 5.62. The molecule has 9 rings (SSSR count). The molecule has 0 atom stereocenters. The van der Waals surface area contributed by atoms with Crippen molar-refractivity contribution in [1.29, 1.82) is 0 Å². The first-order valence-corrected chi connectivity index (χ1v) is 29.8. The van der Waals surface area contributed by atoms with Crippen LogP contribution in [0.25, 0.3) is 21.5 Å². The van der Waals surface area contributed by atoms with Crippen LogP contribution in [0.5, 0.6) is 0 Å². The Balaban J connectivity index is 0.000000912. The van der Waals surface area contributed by atoms with Gasteiger partial charge in [-0.05, 0) is 125 Å². The van der Waals surface area contributed by atoms with E-state index in [1.807, 2.05) is 0 Å². The van der Waals surface area contributed by atoms with Crippen molar-refractivity contribution >= 4 is 124 Å². The van der Waals surface area contributed by atoms with Gasteiger partial charge < -0.3 is 0 Å². The number of aliphatic imine (C=N–C) groups is 4. The standard InChI is InChI=1S/C52H46N4.4BrH.2Ni/c1-27-23-29(3)45(30(4)24-27)53-49-39-19-11-15-37-17-13-21-41(43(37)39)51(49)55-47-33(7)35(9)48(36(10)34(47)8)56-52-42-22-14-18-38-16-12-20-40(44(38)42)50(52)54-46-31(5)25-28(2)26-32(46)6;;;;;;/h11-26H,1-10H3;4*1H;;/q;;;;;2*+2/p-4. The zero-order valence-corrected chi connectivity index (χ0v) is 44.5. The van der Waals surface area contributed by atoms with Gasteiger partial charge in [-0.2, -0.15) is 0 Å². The second kappa shape index (κ2) is 19.8. The Labute approximate surface area is 406 Å². The van der Waals surface area contributed by atoms with E-state index in [9.17, 15) is 0 Å². The monoisotopic (exact) mass is 1160 g/mol. The second-order valence-electron chi connectivity index (χ2n) is 16.0. The van der Waals surface area contributed by atoms with Crippen LogP contribution < -0.4 is 0 Å². The second-order valence-corrected chi connectivity index (χ2v) is 26.0. The van der Waals surface area contributed by atoms with E-state index in [4.69, 9.17) is 20.0 Å². The van der Waals surface area contributed by atoms with Crippen LogP contribution >= 0.6 is 56.9 Å². The number of aryl methyl sites for hydroxylation is 6. The van der Waals surface area contributed by atoms with Crippen LogP contribution in [0.4, 0.5) is 22.7 Å². The molecule has 0 saturated carbocycles. The molecule has 0 fully saturated rings. The number of nitrogens with zero attached hydrogens (tertiary/aromatic N) is 4. The molecule has 0 aliphatic heterocycles. The van der Waals surface area contributed by atoms with Crippen molar-refractivity contribution in [3.8, 4) is 0 Å². The fourth-order valence-corrected chi connectivity index (χ4v) is 9.19. The summed E-state index contributed by atoms with van der Waals surface area (Å²) in [5.41, 5.74) is 23.8. The maximum absolute atomic E-state index is 5.62. The molecular weight excluding hydrogens is 1120 g/mol. The van der Waals surface area contributed by atoms with Gasteiger partial charge in [0.2, 0.25) is 0 Å². The first-order valence-electron chi connectivity index (χ1n) is 20.1. The van der Waals surface area contributed by atoms with Crippen LogP contribution in [0.3, 0.4) is 0 Å². The summed E-state index contributed by atoms with van der Waals surface area (Å²) in [5, 5.41) is 4.82. The van der Waals surface area contributed by atoms with Gasteiger partial charge in [-0.15, -0.1) is 0 Å². The summed E-state index contributed by atoms with van der Waals surface area (Å²) in [6.07, 6.45) is 0. The molecule has 0 aromatic heterocycles. The van der Waals surface area contributed by atoms with Gasteiger partial charge in [0.25, 0.3) is 0 Å². The molecule has 2 aliphatic carbocycles. The van der Waals surface area contributed by atoms with E-state index >= 15 is 0 Å². The van der Waals surface area contributed by atoms with E-state index in [0.29, 0.717) is 0 Å². The molecule has 62 heavy (non-hydrogen) atoms. The summed E-state index contributed by atoms with van der Waals surface area (Å²) in [4.78, 5) is 22.2. The summed E-state index contributed by atoms with van der Waals surface area (Å²) >= 11 is 12.0. The third-order valence-electron chi connectivity index (χ3n) is 12.0. The van der Waals surface area contributed by atoms with Crippen molar-refractivity contribution in [2.24, 2.45) is 20.0 Å². The Hall–Kier alpha value is -3.35. The summed E-state index contributed by atoms with van der Waals surface area (Å²) in [6.45, 7) is 21.7. The Morgan fingerprint density at radius 3 is 0.806 bits per heavy atom. The molecule has 4 nitrogen and oxygen atoms in total. The van der Waals surface area contributed by atoms with Gasteiger partial charge in [-0.3, -0.25) is 0 Å². The van der Waals surface area contributed by atoms with Crippen molar-refractivity contribution in [2.75, 3.05) is 0 Å². The van der Waals surface area contributed by atoms with Crippen LogP contribution in [0.2, 0.25) is 0 Å². The fourth-order valence-electron chi connectivity index (χ4n) is 9.19. The molecule has 0 unspecified atom stereocenters. The number of hydrogen-bond acceptors (Lipinski definition) is 4. The number of hydrogen-bond donors (Lipinski definition) is 0. The Morgan fingerprint density at radius 2 is 0.565 bits per heavy atom. The molecule has 0 radical (unpaired) electrons. The Kier molecular flexibility index (Phi) is 14.9. The minimum absolute atomic E-state index is 0.913.